The standard InChI is InChI=1S/C8H15N5O/c1-3-10-8(14)12-7-6(4-9)5-11-13(7)2/h5H,3-4,9H2,1-2H3,(H2,10,12,14). The Bertz CT molecular complexity index is 320. The Kier molecular flexibility index (Phi) is 3.47. The normalized spacial score (nSPS) is 9.93. The van der Waals surface area contributed by atoms with E-state index < -0.39 is 0 Å². The minimum absolute atomic E-state index is 0.245. The van der Waals surface area contributed by atoms with Gasteiger partial charge in [-0.2, -0.15) is 5.10 Å². The summed E-state index contributed by atoms with van der Waals surface area (Å²) in [6, 6.07) is -0.245. The zero-order valence-electron chi connectivity index (χ0n) is 8.37. The molecule has 0 unspecified atom stereocenters. The van der Waals surface area contributed by atoms with Crippen LogP contribution in [0.3, 0.4) is 0 Å². The van der Waals surface area contributed by atoms with Crippen LogP contribution < -0.4 is 16.4 Å². The molecule has 6 nitrogen and oxygen atoms in total. The van der Waals surface area contributed by atoms with Gasteiger partial charge in [0.2, 0.25) is 0 Å². The van der Waals surface area contributed by atoms with Crippen molar-refractivity contribution in [1.82, 2.24) is 15.1 Å². The molecule has 6 heteroatoms. The summed E-state index contributed by atoms with van der Waals surface area (Å²) in [7, 11) is 1.75. The van der Waals surface area contributed by atoms with E-state index in [4.69, 9.17) is 5.73 Å². The third-order valence-corrected chi connectivity index (χ3v) is 1.80. The first-order chi connectivity index (χ1) is 6.69. The van der Waals surface area contributed by atoms with Crippen LogP contribution in [0.4, 0.5) is 10.6 Å². The molecule has 0 radical (unpaired) electrons. The van der Waals surface area contributed by atoms with Crippen molar-refractivity contribution in [2.24, 2.45) is 12.8 Å². The molecule has 2 amide bonds. The highest BCUT2D eigenvalue weighted by molar-refractivity contribution is 5.88. The van der Waals surface area contributed by atoms with Crippen LogP contribution in [0.25, 0.3) is 0 Å². The second kappa shape index (κ2) is 4.61. The molecule has 0 bridgehead atoms. The van der Waals surface area contributed by atoms with E-state index in [1.165, 1.54) is 0 Å². The molecular weight excluding hydrogens is 182 g/mol. The Labute approximate surface area is 82.5 Å². The maximum Gasteiger partial charge on any atom is 0.320 e. The summed E-state index contributed by atoms with van der Waals surface area (Å²) in [5.74, 6) is 0.637. The number of aromatic nitrogens is 2. The lowest BCUT2D eigenvalue weighted by Gasteiger charge is -2.07. The Morgan fingerprint density at radius 3 is 3.00 bits per heavy atom. The molecule has 1 heterocycles. The van der Waals surface area contributed by atoms with Crippen LogP contribution in [-0.4, -0.2) is 22.4 Å². The van der Waals surface area contributed by atoms with Crippen LogP contribution in [0.15, 0.2) is 6.20 Å². The zero-order chi connectivity index (χ0) is 10.6. The monoisotopic (exact) mass is 197 g/mol. The van der Waals surface area contributed by atoms with Crippen molar-refractivity contribution < 1.29 is 4.79 Å². The molecule has 1 aromatic heterocycles. The van der Waals surface area contributed by atoms with Gasteiger partial charge < -0.3 is 11.1 Å². The van der Waals surface area contributed by atoms with E-state index >= 15 is 0 Å². The fourth-order valence-electron chi connectivity index (χ4n) is 1.11. The lowest BCUT2D eigenvalue weighted by Crippen LogP contribution is -2.29. The Morgan fingerprint density at radius 1 is 1.71 bits per heavy atom. The molecule has 1 rings (SSSR count). The highest BCUT2D eigenvalue weighted by atomic mass is 16.2. The predicted molar refractivity (Wildman–Crippen MR) is 53.8 cm³/mol. The Morgan fingerprint density at radius 2 is 2.43 bits per heavy atom. The van der Waals surface area contributed by atoms with Crippen molar-refractivity contribution in [3.05, 3.63) is 11.8 Å². The fraction of sp³-hybridized carbons (Fsp3) is 0.500. The van der Waals surface area contributed by atoms with E-state index in [1.807, 2.05) is 6.92 Å². The van der Waals surface area contributed by atoms with Gasteiger partial charge in [0.15, 0.2) is 0 Å². The zero-order valence-corrected chi connectivity index (χ0v) is 8.37. The summed E-state index contributed by atoms with van der Waals surface area (Å²) in [4.78, 5) is 11.2. The Hall–Kier alpha value is -1.56. The van der Waals surface area contributed by atoms with Gasteiger partial charge in [-0.15, -0.1) is 0 Å². The summed E-state index contributed by atoms with van der Waals surface area (Å²) >= 11 is 0. The molecule has 0 aromatic carbocycles. The maximum absolute atomic E-state index is 11.2. The third-order valence-electron chi connectivity index (χ3n) is 1.80. The average molecular weight is 197 g/mol. The quantitative estimate of drug-likeness (QED) is 0.638. The van der Waals surface area contributed by atoms with Crippen molar-refractivity contribution in [3.63, 3.8) is 0 Å². The van der Waals surface area contributed by atoms with Crippen molar-refractivity contribution in [3.8, 4) is 0 Å². The molecule has 4 N–H and O–H groups in total. The Balaban J connectivity index is 2.74. The predicted octanol–water partition coefficient (Wildman–Crippen LogP) is 0.0202. The summed E-state index contributed by atoms with van der Waals surface area (Å²) in [6.45, 7) is 2.80. The number of hydrogen-bond donors (Lipinski definition) is 3. The molecule has 78 valence electrons. The smallest absolute Gasteiger partial charge is 0.320 e. The first kappa shape index (κ1) is 10.5. The second-order valence-electron chi connectivity index (χ2n) is 2.83. The molecule has 0 aliphatic carbocycles. The molecule has 0 spiro atoms. The van der Waals surface area contributed by atoms with Crippen molar-refractivity contribution >= 4 is 11.8 Å². The number of carbonyl (C=O) groups is 1. The van der Waals surface area contributed by atoms with E-state index in [0.717, 1.165) is 5.56 Å². The average Bonchev–Trinajstić information content (AvgIpc) is 2.48. The van der Waals surface area contributed by atoms with Crippen molar-refractivity contribution in [2.45, 2.75) is 13.5 Å². The number of rotatable bonds is 3. The topological polar surface area (TPSA) is 85.0 Å². The molecule has 1 aromatic rings. The van der Waals surface area contributed by atoms with Gasteiger partial charge >= 0.3 is 6.03 Å². The van der Waals surface area contributed by atoms with Gasteiger partial charge in [-0.3, -0.25) is 10.00 Å². The molecule has 14 heavy (non-hydrogen) atoms. The van der Waals surface area contributed by atoms with Gasteiger partial charge in [-0.25, -0.2) is 4.79 Å². The second-order valence-corrected chi connectivity index (χ2v) is 2.83. The van der Waals surface area contributed by atoms with Gasteiger partial charge in [0.1, 0.15) is 5.82 Å². The van der Waals surface area contributed by atoms with Crippen LogP contribution >= 0.6 is 0 Å². The van der Waals surface area contributed by atoms with Crippen LogP contribution in [0, 0.1) is 0 Å². The van der Waals surface area contributed by atoms with Crippen molar-refractivity contribution in [1.29, 1.82) is 0 Å². The van der Waals surface area contributed by atoms with Gasteiger partial charge in [0, 0.05) is 25.7 Å². The lowest BCUT2D eigenvalue weighted by atomic mass is 10.3. The summed E-state index contributed by atoms with van der Waals surface area (Å²) in [5, 5.41) is 9.31. The number of hydrogen-bond acceptors (Lipinski definition) is 3. The molecule has 0 saturated carbocycles. The van der Waals surface area contributed by atoms with Gasteiger partial charge in [0.05, 0.1) is 6.20 Å². The molecule has 0 aliphatic heterocycles. The van der Waals surface area contributed by atoms with Crippen molar-refractivity contribution in [2.75, 3.05) is 11.9 Å². The number of carbonyl (C=O) groups excluding carboxylic acids is 1. The summed E-state index contributed by atoms with van der Waals surface area (Å²) in [6.07, 6.45) is 1.64. The highest BCUT2D eigenvalue weighted by Crippen LogP contribution is 2.12. The number of aryl methyl sites for hydroxylation is 1. The van der Waals surface area contributed by atoms with Gasteiger partial charge in [0.25, 0.3) is 0 Å². The van der Waals surface area contributed by atoms with E-state index in [2.05, 4.69) is 15.7 Å². The van der Waals surface area contributed by atoms with Crippen LogP contribution in [0.1, 0.15) is 12.5 Å². The first-order valence-electron chi connectivity index (χ1n) is 4.44. The summed E-state index contributed by atoms with van der Waals surface area (Å²) < 4.78 is 1.58. The largest absolute Gasteiger partial charge is 0.338 e. The molecule has 0 saturated heterocycles. The minimum atomic E-state index is -0.245. The minimum Gasteiger partial charge on any atom is -0.338 e. The van der Waals surface area contributed by atoms with E-state index in [1.54, 1.807) is 17.9 Å². The van der Waals surface area contributed by atoms with Gasteiger partial charge in [-0.05, 0) is 6.92 Å². The third kappa shape index (κ3) is 2.23. The van der Waals surface area contributed by atoms with Crippen LogP contribution in [-0.2, 0) is 13.6 Å². The number of urea groups is 1. The number of nitrogens with zero attached hydrogens (tertiary/aromatic N) is 2. The molecule has 0 aliphatic rings. The van der Waals surface area contributed by atoms with E-state index in [9.17, 15) is 4.79 Å². The van der Waals surface area contributed by atoms with Crippen LogP contribution in [0.2, 0.25) is 0 Å². The van der Waals surface area contributed by atoms with Crippen LogP contribution in [0.5, 0.6) is 0 Å². The number of anilines is 1. The fourth-order valence-corrected chi connectivity index (χ4v) is 1.11. The van der Waals surface area contributed by atoms with Gasteiger partial charge in [-0.1, -0.05) is 0 Å². The molecule has 0 atom stereocenters. The molecular formula is C8H15N5O. The number of amides is 2. The molecule has 0 fully saturated rings. The SMILES string of the molecule is CCNC(=O)Nc1c(CN)cnn1C. The summed E-state index contributed by atoms with van der Waals surface area (Å²) in [5.41, 5.74) is 6.31. The van der Waals surface area contributed by atoms with E-state index in [-0.39, 0.29) is 6.03 Å². The number of nitrogens with two attached hydrogens (primary N) is 1. The number of nitrogens with one attached hydrogen (secondary N) is 2. The highest BCUT2D eigenvalue weighted by Gasteiger charge is 2.09. The van der Waals surface area contributed by atoms with E-state index in [0.29, 0.717) is 18.9 Å². The lowest BCUT2D eigenvalue weighted by molar-refractivity contribution is 0.252. The first-order valence-corrected chi connectivity index (χ1v) is 4.44. The maximum atomic E-state index is 11.2.